The Morgan fingerprint density at radius 3 is 2.35 bits per heavy atom. The van der Waals surface area contributed by atoms with Crippen LogP contribution >= 0.6 is 0 Å². The SMILES string of the molecule is Cc1ccc(C(C)C)c(O[C@H](C)C(=O)Nc2ccccc2C(F)(F)F)c1. The first-order chi connectivity index (χ1) is 12.1. The number of anilines is 1. The number of nitrogens with one attached hydrogen (secondary N) is 1. The Labute approximate surface area is 151 Å². The molecule has 1 N–H and O–H groups in total. The largest absolute Gasteiger partial charge is 0.481 e. The van der Waals surface area contributed by atoms with Crippen molar-refractivity contribution in [3.63, 3.8) is 0 Å². The van der Waals surface area contributed by atoms with Gasteiger partial charge in [-0.25, -0.2) is 0 Å². The van der Waals surface area contributed by atoms with Crippen LogP contribution in [0.4, 0.5) is 18.9 Å². The molecule has 2 rings (SSSR count). The monoisotopic (exact) mass is 365 g/mol. The maximum Gasteiger partial charge on any atom is 0.418 e. The van der Waals surface area contributed by atoms with Crippen LogP contribution in [0.3, 0.4) is 0 Å². The lowest BCUT2D eigenvalue weighted by Crippen LogP contribution is -2.31. The number of amides is 1. The van der Waals surface area contributed by atoms with Crippen LogP contribution in [0.1, 0.15) is 43.4 Å². The normalized spacial score (nSPS) is 12.8. The lowest BCUT2D eigenvalue weighted by atomic mass is 10.0. The number of carbonyl (C=O) groups excluding carboxylic acids is 1. The molecule has 2 aromatic rings. The number of halogens is 3. The van der Waals surface area contributed by atoms with Crippen molar-refractivity contribution < 1.29 is 22.7 Å². The Morgan fingerprint density at radius 2 is 1.73 bits per heavy atom. The van der Waals surface area contributed by atoms with Gasteiger partial charge in [0, 0.05) is 0 Å². The van der Waals surface area contributed by atoms with Gasteiger partial charge < -0.3 is 10.1 Å². The minimum Gasteiger partial charge on any atom is -0.481 e. The summed E-state index contributed by atoms with van der Waals surface area (Å²) in [7, 11) is 0. The second kappa shape index (κ2) is 7.81. The molecule has 0 saturated carbocycles. The quantitative estimate of drug-likeness (QED) is 0.755. The molecule has 1 atom stereocenters. The number of carbonyl (C=O) groups is 1. The summed E-state index contributed by atoms with van der Waals surface area (Å²) in [6, 6.07) is 10.6. The number of ether oxygens (including phenoxy) is 1. The Balaban J connectivity index is 2.19. The van der Waals surface area contributed by atoms with Crippen molar-refractivity contribution in [3.05, 3.63) is 59.2 Å². The number of para-hydroxylation sites is 1. The number of hydrogen-bond donors (Lipinski definition) is 1. The standard InChI is InChI=1S/C20H22F3NO2/c1-12(2)15-10-9-13(3)11-18(15)26-14(4)19(25)24-17-8-6-5-7-16(17)20(21,22)23/h5-12,14H,1-4H3,(H,24,25)/t14-/m1/s1. The molecule has 0 saturated heterocycles. The van der Waals surface area contributed by atoms with Gasteiger partial charge in [-0.05, 0) is 49.1 Å². The third-order valence-electron chi connectivity index (χ3n) is 3.95. The van der Waals surface area contributed by atoms with Crippen molar-refractivity contribution >= 4 is 11.6 Å². The van der Waals surface area contributed by atoms with Crippen molar-refractivity contribution in [2.75, 3.05) is 5.32 Å². The number of alkyl halides is 3. The number of hydrogen-bond acceptors (Lipinski definition) is 2. The zero-order valence-electron chi connectivity index (χ0n) is 15.1. The highest BCUT2D eigenvalue weighted by Crippen LogP contribution is 2.35. The van der Waals surface area contributed by atoms with Gasteiger partial charge in [-0.3, -0.25) is 4.79 Å². The minimum absolute atomic E-state index is 0.187. The van der Waals surface area contributed by atoms with Crippen molar-refractivity contribution in [1.29, 1.82) is 0 Å². The van der Waals surface area contributed by atoms with Crippen LogP contribution in [0.2, 0.25) is 0 Å². The average Bonchev–Trinajstić information content (AvgIpc) is 2.54. The lowest BCUT2D eigenvalue weighted by Gasteiger charge is -2.20. The van der Waals surface area contributed by atoms with E-state index in [0.717, 1.165) is 17.2 Å². The van der Waals surface area contributed by atoms with Crippen molar-refractivity contribution in [1.82, 2.24) is 0 Å². The topological polar surface area (TPSA) is 38.3 Å². The predicted molar refractivity (Wildman–Crippen MR) is 95.4 cm³/mol. The van der Waals surface area contributed by atoms with Gasteiger partial charge in [0.25, 0.3) is 5.91 Å². The average molecular weight is 365 g/mol. The van der Waals surface area contributed by atoms with E-state index in [1.165, 1.54) is 25.1 Å². The molecular formula is C20H22F3NO2. The predicted octanol–water partition coefficient (Wildman–Crippen LogP) is 5.54. The van der Waals surface area contributed by atoms with Gasteiger partial charge in [-0.15, -0.1) is 0 Å². The summed E-state index contributed by atoms with van der Waals surface area (Å²) in [6.07, 6.45) is -5.49. The molecule has 0 spiro atoms. The molecule has 0 heterocycles. The van der Waals surface area contributed by atoms with Gasteiger partial charge in [0.15, 0.2) is 6.10 Å². The Hall–Kier alpha value is -2.50. The van der Waals surface area contributed by atoms with Gasteiger partial charge in [0.2, 0.25) is 0 Å². The van der Waals surface area contributed by atoms with Crippen LogP contribution in [0, 0.1) is 6.92 Å². The molecule has 3 nitrogen and oxygen atoms in total. The summed E-state index contributed by atoms with van der Waals surface area (Å²) in [5.74, 6) is 0.108. The first-order valence-electron chi connectivity index (χ1n) is 8.34. The molecule has 26 heavy (non-hydrogen) atoms. The molecule has 1 amide bonds. The molecule has 2 aromatic carbocycles. The van der Waals surface area contributed by atoms with Gasteiger partial charge >= 0.3 is 6.18 Å². The summed E-state index contributed by atoms with van der Waals surface area (Å²) in [5.41, 5.74) is 0.734. The summed E-state index contributed by atoms with van der Waals surface area (Å²) in [5, 5.41) is 2.32. The minimum atomic E-state index is -4.55. The van der Waals surface area contributed by atoms with E-state index in [9.17, 15) is 18.0 Å². The number of benzene rings is 2. The zero-order chi connectivity index (χ0) is 19.5. The van der Waals surface area contributed by atoms with Crippen molar-refractivity contribution in [3.8, 4) is 5.75 Å². The third kappa shape index (κ3) is 4.77. The lowest BCUT2D eigenvalue weighted by molar-refractivity contribution is -0.137. The van der Waals surface area contributed by atoms with Crippen LogP contribution in [0.15, 0.2) is 42.5 Å². The maximum atomic E-state index is 13.1. The molecule has 0 aromatic heterocycles. The smallest absolute Gasteiger partial charge is 0.418 e. The van der Waals surface area contributed by atoms with E-state index < -0.39 is 23.8 Å². The Kier molecular flexibility index (Phi) is 5.95. The summed E-state index contributed by atoms with van der Waals surface area (Å²) >= 11 is 0. The zero-order valence-corrected chi connectivity index (χ0v) is 15.1. The highest BCUT2D eigenvalue weighted by molar-refractivity contribution is 5.94. The third-order valence-corrected chi connectivity index (χ3v) is 3.95. The fourth-order valence-electron chi connectivity index (χ4n) is 2.54. The Morgan fingerprint density at radius 1 is 1.08 bits per heavy atom. The van der Waals surface area contributed by atoms with Gasteiger partial charge in [-0.2, -0.15) is 13.2 Å². The van der Waals surface area contributed by atoms with Gasteiger partial charge in [-0.1, -0.05) is 38.1 Å². The molecule has 6 heteroatoms. The molecule has 0 aliphatic carbocycles. The summed E-state index contributed by atoms with van der Waals surface area (Å²) in [6.45, 7) is 7.42. The van der Waals surface area contributed by atoms with Crippen LogP contribution < -0.4 is 10.1 Å². The summed E-state index contributed by atoms with van der Waals surface area (Å²) in [4.78, 5) is 12.4. The van der Waals surface area contributed by atoms with Gasteiger partial charge in [0.05, 0.1) is 11.3 Å². The highest BCUT2D eigenvalue weighted by Gasteiger charge is 2.34. The molecule has 0 radical (unpaired) electrons. The van der Waals surface area contributed by atoms with Gasteiger partial charge in [0.1, 0.15) is 5.75 Å². The van der Waals surface area contributed by atoms with E-state index >= 15 is 0 Å². The molecular weight excluding hydrogens is 343 g/mol. The van der Waals surface area contributed by atoms with Crippen LogP contribution in [-0.4, -0.2) is 12.0 Å². The Bertz CT molecular complexity index is 785. The maximum absolute atomic E-state index is 13.1. The fraction of sp³-hybridized carbons (Fsp3) is 0.350. The highest BCUT2D eigenvalue weighted by atomic mass is 19.4. The van der Waals surface area contributed by atoms with E-state index in [1.807, 2.05) is 39.0 Å². The number of rotatable bonds is 5. The first-order valence-corrected chi connectivity index (χ1v) is 8.34. The van der Waals surface area contributed by atoms with E-state index in [1.54, 1.807) is 0 Å². The molecule has 0 bridgehead atoms. The second-order valence-corrected chi connectivity index (χ2v) is 6.49. The molecule has 0 unspecified atom stereocenters. The van der Waals surface area contributed by atoms with E-state index in [0.29, 0.717) is 5.75 Å². The van der Waals surface area contributed by atoms with Crippen molar-refractivity contribution in [2.45, 2.75) is 45.9 Å². The summed E-state index contributed by atoms with van der Waals surface area (Å²) < 4.78 is 44.9. The molecule has 140 valence electrons. The van der Waals surface area contributed by atoms with E-state index in [2.05, 4.69) is 5.32 Å². The van der Waals surface area contributed by atoms with E-state index in [4.69, 9.17) is 4.74 Å². The fourth-order valence-corrected chi connectivity index (χ4v) is 2.54. The molecule has 0 fully saturated rings. The van der Waals surface area contributed by atoms with Crippen LogP contribution in [-0.2, 0) is 11.0 Å². The van der Waals surface area contributed by atoms with Crippen LogP contribution in [0.25, 0.3) is 0 Å². The second-order valence-electron chi connectivity index (χ2n) is 6.49. The molecule has 0 aliphatic heterocycles. The first kappa shape index (κ1) is 19.8. The van der Waals surface area contributed by atoms with Crippen molar-refractivity contribution in [2.24, 2.45) is 0 Å². The number of aryl methyl sites for hydroxylation is 1. The van der Waals surface area contributed by atoms with E-state index in [-0.39, 0.29) is 11.6 Å². The van der Waals surface area contributed by atoms with Crippen LogP contribution in [0.5, 0.6) is 5.75 Å². The molecule has 0 aliphatic rings.